The minimum Gasteiger partial charge on any atom is -0.496 e. The first-order valence-corrected chi connectivity index (χ1v) is 5.17. The monoisotopic (exact) mass is 221 g/mol. The average molecular weight is 221 g/mol. The van der Waals surface area contributed by atoms with Crippen molar-refractivity contribution in [1.82, 2.24) is 5.32 Å². The molecule has 1 aromatic rings. The van der Waals surface area contributed by atoms with Crippen LogP contribution in [0.3, 0.4) is 0 Å². The Morgan fingerprint density at radius 3 is 2.81 bits per heavy atom. The van der Waals surface area contributed by atoms with Gasteiger partial charge in [-0.3, -0.25) is 0 Å². The highest BCUT2D eigenvalue weighted by atomic mass is 16.6. The van der Waals surface area contributed by atoms with Gasteiger partial charge >= 0.3 is 6.09 Å². The Morgan fingerprint density at radius 2 is 2.25 bits per heavy atom. The number of nitrogens with one attached hydrogen (secondary N) is 1. The summed E-state index contributed by atoms with van der Waals surface area (Å²) in [4.78, 5) is 11.1. The number of hydrogen-bond acceptors (Lipinski definition) is 3. The van der Waals surface area contributed by atoms with E-state index in [2.05, 4.69) is 5.32 Å². The smallest absolute Gasteiger partial charge is 0.408 e. The van der Waals surface area contributed by atoms with Gasteiger partial charge < -0.3 is 14.8 Å². The van der Waals surface area contributed by atoms with E-state index in [0.29, 0.717) is 6.54 Å². The molecule has 86 valence electrons. The Bertz CT molecular complexity index is 430. The van der Waals surface area contributed by atoms with Crippen LogP contribution < -0.4 is 10.1 Å². The van der Waals surface area contributed by atoms with Crippen LogP contribution in [0.5, 0.6) is 5.75 Å². The third-order valence-corrected chi connectivity index (χ3v) is 2.81. The highest BCUT2D eigenvalue weighted by Gasteiger charge is 2.39. The quantitative estimate of drug-likeness (QED) is 0.830. The predicted molar refractivity (Wildman–Crippen MR) is 59.6 cm³/mol. The van der Waals surface area contributed by atoms with Gasteiger partial charge in [0.05, 0.1) is 13.7 Å². The molecule has 16 heavy (non-hydrogen) atoms. The maximum atomic E-state index is 11.1. The van der Waals surface area contributed by atoms with E-state index in [1.165, 1.54) is 0 Å². The van der Waals surface area contributed by atoms with Crippen molar-refractivity contribution in [3.05, 3.63) is 29.3 Å². The van der Waals surface area contributed by atoms with Gasteiger partial charge in [0.25, 0.3) is 0 Å². The first kappa shape index (κ1) is 10.8. The molecule has 2 rings (SSSR count). The SMILES string of the molecule is COc1ccc(C)cc1C1(C)CNC(=O)O1. The fourth-order valence-corrected chi connectivity index (χ4v) is 1.90. The maximum absolute atomic E-state index is 11.1. The summed E-state index contributed by atoms with van der Waals surface area (Å²) in [7, 11) is 1.61. The molecule has 1 aliphatic rings. The van der Waals surface area contributed by atoms with Gasteiger partial charge in [-0.1, -0.05) is 11.6 Å². The normalized spacial score (nSPS) is 23.8. The van der Waals surface area contributed by atoms with Gasteiger partial charge in [0.1, 0.15) is 5.75 Å². The summed E-state index contributed by atoms with van der Waals surface area (Å²) >= 11 is 0. The summed E-state index contributed by atoms with van der Waals surface area (Å²) in [5, 5.41) is 2.66. The number of carbonyl (C=O) groups excluding carboxylic acids is 1. The number of methoxy groups -OCH3 is 1. The fraction of sp³-hybridized carbons (Fsp3) is 0.417. The van der Waals surface area contributed by atoms with Crippen molar-refractivity contribution in [3.63, 3.8) is 0 Å². The van der Waals surface area contributed by atoms with E-state index < -0.39 is 5.60 Å². The molecule has 1 unspecified atom stereocenters. The highest BCUT2D eigenvalue weighted by Crippen LogP contribution is 2.35. The Kier molecular flexibility index (Phi) is 2.50. The number of benzene rings is 1. The minimum absolute atomic E-state index is 0.383. The largest absolute Gasteiger partial charge is 0.496 e. The van der Waals surface area contributed by atoms with E-state index in [-0.39, 0.29) is 6.09 Å². The van der Waals surface area contributed by atoms with Crippen molar-refractivity contribution < 1.29 is 14.3 Å². The summed E-state index contributed by atoms with van der Waals surface area (Å²) in [6.45, 7) is 4.34. The van der Waals surface area contributed by atoms with Gasteiger partial charge in [-0.25, -0.2) is 4.79 Å². The van der Waals surface area contributed by atoms with Crippen LogP contribution in [0.1, 0.15) is 18.1 Å². The maximum Gasteiger partial charge on any atom is 0.408 e. The summed E-state index contributed by atoms with van der Waals surface area (Å²) in [6, 6.07) is 5.84. The Hall–Kier alpha value is -1.71. The van der Waals surface area contributed by atoms with Crippen LogP contribution in [-0.2, 0) is 10.3 Å². The molecular formula is C12H15NO3. The third-order valence-electron chi connectivity index (χ3n) is 2.81. The molecule has 4 nitrogen and oxygen atoms in total. The summed E-state index contributed by atoms with van der Waals surface area (Å²) in [5.74, 6) is 0.740. The number of ether oxygens (including phenoxy) is 2. The minimum atomic E-state index is -0.644. The van der Waals surface area contributed by atoms with E-state index in [1.807, 2.05) is 32.0 Å². The van der Waals surface area contributed by atoms with Crippen molar-refractivity contribution in [2.45, 2.75) is 19.4 Å². The van der Waals surface area contributed by atoms with Gasteiger partial charge in [0.15, 0.2) is 5.60 Å². The summed E-state index contributed by atoms with van der Waals surface area (Å²) < 4.78 is 10.6. The molecule has 0 bridgehead atoms. The topological polar surface area (TPSA) is 47.6 Å². The Labute approximate surface area is 94.6 Å². The number of amides is 1. The molecule has 1 saturated heterocycles. The van der Waals surface area contributed by atoms with Crippen molar-refractivity contribution in [2.24, 2.45) is 0 Å². The molecule has 1 fully saturated rings. The molecule has 1 aliphatic heterocycles. The Morgan fingerprint density at radius 1 is 1.50 bits per heavy atom. The van der Waals surface area contributed by atoms with Crippen molar-refractivity contribution >= 4 is 6.09 Å². The lowest BCUT2D eigenvalue weighted by atomic mass is 9.94. The molecule has 0 spiro atoms. The van der Waals surface area contributed by atoms with E-state index in [0.717, 1.165) is 16.9 Å². The molecule has 0 aliphatic carbocycles. The van der Waals surface area contributed by atoms with Crippen LogP contribution in [0.25, 0.3) is 0 Å². The second-order valence-corrected chi connectivity index (χ2v) is 4.18. The Balaban J connectivity index is 2.46. The second kappa shape index (κ2) is 3.70. The van der Waals surface area contributed by atoms with Crippen molar-refractivity contribution in [2.75, 3.05) is 13.7 Å². The van der Waals surface area contributed by atoms with Gasteiger partial charge in [-0.15, -0.1) is 0 Å². The van der Waals surface area contributed by atoms with Crippen molar-refractivity contribution in [1.29, 1.82) is 0 Å². The lowest BCUT2D eigenvalue weighted by Crippen LogP contribution is -2.27. The van der Waals surface area contributed by atoms with Gasteiger partial charge in [-0.05, 0) is 26.0 Å². The number of alkyl carbamates (subject to hydrolysis) is 1. The van der Waals surface area contributed by atoms with Crippen LogP contribution in [0.15, 0.2) is 18.2 Å². The number of cyclic esters (lactones) is 1. The van der Waals surface area contributed by atoms with E-state index in [1.54, 1.807) is 7.11 Å². The second-order valence-electron chi connectivity index (χ2n) is 4.18. The molecule has 1 amide bonds. The number of rotatable bonds is 2. The molecule has 0 aromatic heterocycles. The fourth-order valence-electron chi connectivity index (χ4n) is 1.90. The third kappa shape index (κ3) is 1.71. The standard InChI is InChI=1S/C12H15NO3/c1-8-4-5-10(15-3)9(6-8)12(2)7-13-11(14)16-12/h4-6H,7H2,1-3H3,(H,13,14). The number of aryl methyl sites for hydroxylation is 1. The number of hydrogen-bond donors (Lipinski definition) is 1. The van der Waals surface area contributed by atoms with Gasteiger partial charge in [-0.2, -0.15) is 0 Å². The zero-order valence-electron chi connectivity index (χ0n) is 9.66. The van der Waals surface area contributed by atoms with E-state index in [4.69, 9.17) is 9.47 Å². The first-order valence-electron chi connectivity index (χ1n) is 5.17. The van der Waals surface area contributed by atoms with Gasteiger partial charge in [0.2, 0.25) is 0 Å². The lowest BCUT2D eigenvalue weighted by Gasteiger charge is -2.24. The number of carbonyl (C=O) groups is 1. The molecule has 1 heterocycles. The average Bonchev–Trinajstić information content (AvgIpc) is 2.60. The van der Waals surface area contributed by atoms with Crippen molar-refractivity contribution in [3.8, 4) is 5.75 Å². The lowest BCUT2D eigenvalue weighted by molar-refractivity contribution is 0.0683. The summed E-state index contributed by atoms with van der Waals surface area (Å²) in [6.07, 6.45) is -0.383. The van der Waals surface area contributed by atoms with Crippen LogP contribution >= 0.6 is 0 Å². The van der Waals surface area contributed by atoms with Crippen LogP contribution in [0.2, 0.25) is 0 Å². The molecule has 1 N–H and O–H groups in total. The zero-order chi connectivity index (χ0) is 11.8. The van der Waals surface area contributed by atoms with Gasteiger partial charge in [0, 0.05) is 5.56 Å². The molecule has 1 aromatic carbocycles. The summed E-state index contributed by atoms with van der Waals surface area (Å²) in [5.41, 5.74) is 1.36. The predicted octanol–water partition coefficient (Wildman–Crippen LogP) is 1.96. The highest BCUT2D eigenvalue weighted by molar-refractivity contribution is 5.71. The van der Waals surface area contributed by atoms with E-state index >= 15 is 0 Å². The van der Waals surface area contributed by atoms with Crippen LogP contribution in [-0.4, -0.2) is 19.7 Å². The molecule has 1 atom stereocenters. The zero-order valence-corrected chi connectivity index (χ0v) is 9.66. The van der Waals surface area contributed by atoms with E-state index in [9.17, 15) is 4.79 Å². The van der Waals surface area contributed by atoms with Crippen LogP contribution in [0, 0.1) is 6.92 Å². The van der Waals surface area contributed by atoms with Crippen LogP contribution in [0.4, 0.5) is 4.79 Å². The molecule has 0 saturated carbocycles. The molecular weight excluding hydrogens is 206 g/mol. The molecule has 4 heteroatoms. The first-order chi connectivity index (χ1) is 7.55. The molecule has 0 radical (unpaired) electrons.